The molecule has 1 fully saturated rings. The Morgan fingerprint density at radius 2 is 2.13 bits per heavy atom. The van der Waals surface area contributed by atoms with Gasteiger partial charge in [0, 0.05) is 17.7 Å². The molecule has 8 heteroatoms. The molecule has 0 radical (unpaired) electrons. The maximum atomic E-state index is 12.8. The summed E-state index contributed by atoms with van der Waals surface area (Å²) in [4.78, 5) is 27.7. The van der Waals surface area contributed by atoms with Gasteiger partial charge in [0.25, 0.3) is 11.8 Å². The number of hydrogen-bond acceptors (Lipinski definition) is 5. The molecule has 1 aliphatic heterocycles. The van der Waals surface area contributed by atoms with E-state index in [0.717, 1.165) is 32.1 Å². The van der Waals surface area contributed by atoms with E-state index in [0.29, 0.717) is 5.69 Å². The lowest BCUT2D eigenvalue weighted by Gasteiger charge is -2.22. The standard InChI is InChI=1S/C15H19N3O4S/c1-23(21,11-5-3-2-4-6-11)18-14(20)10-7-12-15(16-8-10)22-9-13(19)17-12/h7-8,11H,2-6,9H2,1H3,(H,17,19). The van der Waals surface area contributed by atoms with Gasteiger partial charge in [-0.15, -0.1) is 0 Å². The monoisotopic (exact) mass is 337 g/mol. The van der Waals surface area contributed by atoms with Crippen LogP contribution in [0.4, 0.5) is 5.69 Å². The quantitative estimate of drug-likeness (QED) is 0.890. The zero-order chi connectivity index (χ0) is 16.4. The van der Waals surface area contributed by atoms with E-state index in [9.17, 15) is 13.8 Å². The average Bonchev–Trinajstić information content (AvgIpc) is 2.54. The van der Waals surface area contributed by atoms with Gasteiger partial charge in [0.15, 0.2) is 6.61 Å². The molecule has 7 nitrogen and oxygen atoms in total. The van der Waals surface area contributed by atoms with Crippen molar-refractivity contribution in [1.82, 2.24) is 4.98 Å². The number of pyridine rings is 1. The van der Waals surface area contributed by atoms with Crippen LogP contribution in [0, 0.1) is 0 Å². The third-order valence-electron chi connectivity index (χ3n) is 4.15. The van der Waals surface area contributed by atoms with Gasteiger partial charge < -0.3 is 10.1 Å². The smallest absolute Gasteiger partial charge is 0.286 e. The number of carbonyl (C=O) groups excluding carboxylic acids is 2. The van der Waals surface area contributed by atoms with Gasteiger partial charge in [-0.1, -0.05) is 19.3 Å². The number of rotatable bonds is 2. The molecule has 23 heavy (non-hydrogen) atoms. The average molecular weight is 337 g/mol. The van der Waals surface area contributed by atoms with Crippen molar-refractivity contribution in [3.05, 3.63) is 17.8 Å². The van der Waals surface area contributed by atoms with Crippen LogP contribution in [0.5, 0.6) is 5.88 Å². The van der Waals surface area contributed by atoms with Gasteiger partial charge in [-0.3, -0.25) is 9.59 Å². The molecule has 1 saturated carbocycles. The van der Waals surface area contributed by atoms with Crippen molar-refractivity contribution in [1.29, 1.82) is 0 Å². The number of aromatic nitrogens is 1. The van der Waals surface area contributed by atoms with Crippen LogP contribution in [0.3, 0.4) is 0 Å². The molecule has 1 N–H and O–H groups in total. The molecule has 1 aromatic heterocycles. The SMILES string of the molecule is CS(=O)(=NC(=O)c1cnc2c(c1)NC(=O)CO2)C1CCCCC1. The van der Waals surface area contributed by atoms with Crippen LogP contribution in [0.1, 0.15) is 42.5 Å². The highest BCUT2D eigenvalue weighted by Crippen LogP contribution is 2.27. The Labute approximate surface area is 135 Å². The highest BCUT2D eigenvalue weighted by atomic mass is 32.2. The fourth-order valence-electron chi connectivity index (χ4n) is 2.89. The number of anilines is 1. The summed E-state index contributed by atoms with van der Waals surface area (Å²) in [6.07, 6.45) is 7.79. The third-order valence-corrected chi connectivity index (χ3v) is 6.38. The number of hydrogen-bond donors (Lipinski definition) is 1. The number of nitrogens with one attached hydrogen (secondary N) is 1. The molecule has 0 spiro atoms. The second-order valence-corrected chi connectivity index (χ2v) is 8.50. The van der Waals surface area contributed by atoms with Crippen LogP contribution in [-0.2, 0) is 14.5 Å². The third kappa shape index (κ3) is 3.52. The van der Waals surface area contributed by atoms with Crippen LogP contribution >= 0.6 is 0 Å². The Kier molecular flexibility index (Phi) is 4.34. The summed E-state index contributed by atoms with van der Waals surface area (Å²) in [6.45, 7) is -0.0951. The number of ether oxygens (including phenoxy) is 1. The molecular weight excluding hydrogens is 318 g/mol. The van der Waals surface area contributed by atoms with Gasteiger partial charge in [-0.05, 0) is 18.9 Å². The van der Waals surface area contributed by atoms with E-state index in [1.807, 2.05) is 0 Å². The summed E-state index contributed by atoms with van der Waals surface area (Å²) >= 11 is 0. The Balaban J connectivity index is 1.85. The fraction of sp³-hybridized carbons (Fsp3) is 0.533. The molecule has 1 aromatic rings. The van der Waals surface area contributed by atoms with Crippen molar-refractivity contribution in [3.8, 4) is 5.88 Å². The van der Waals surface area contributed by atoms with Crippen LogP contribution in [0.2, 0.25) is 0 Å². The predicted molar refractivity (Wildman–Crippen MR) is 86.1 cm³/mol. The molecule has 2 amide bonds. The van der Waals surface area contributed by atoms with Gasteiger partial charge in [-0.2, -0.15) is 4.36 Å². The second kappa shape index (κ2) is 6.27. The Morgan fingerprint density at radius 1 is 1.39 bits per heavy atom. The lowest BCUT2D eigenvalue weighted by atomic mass is 10.0. The highest BCUT2D eigenvalue weighted by molar-refractivity contribution is 7.93. The minimum atomic E-state index is -2.58. The topological polar surface area (TPSA) is 97.7 Å². The van der Waals surface area contributed by atoms with Crippen molar-refractivity contribution in [2.75, 3.05) is 18.2 Å². The zero-order valence-corrected chi connectivity index (χ0v) is 13.7. The van der Waals surface area contributed by atoms with E-state index in [4.69, 9.17) is 4.74 Å². The summed E-state index contributed by atoms with van der Waals surface area (Å²) in [5.74, 6) is -0.605. The molecular formula is C15H19N3O4S. The van der Waals surface area contributed by atoms with Crippen molar-refractivity contribution in [3.63, 3.8) is 0 Å². The van der Waals surface area contributed by atoms with E-state index < -0.39 is 15.6 Å². The Bertz CT molecular complexity index is 762. The number of nitrogens with zero attached hydrogens (tertiary/aromatic N) is 2. The number of amides is 2. The summed E-state index contributed by atoms with van der Waals surface area (Å²) < 4.78 is 21.9. The van der Waals surface area contributed by atoms with Gasteiger partial charge in [0.1, 0.15) is 5.69 Å². The molecule has 0 saturated heterocycles. The number of fused-ring (bicyclic) bond motifs is 1. The van der Waals surface area contributed by atoms with E-state index in [1.54, 1.807) is 6.26 Å². The van der Waals surface area contributed by atoms with Crippen LogP contribution in [0.15, 0.2) is 16.6 Å². The van der Waals surface area contributed by atoms with Gasteiger partial charge in [-0.25, -0.2) is 9.19 Å². The van der Waals surface area contributed by atoms with Crippen molar-refractivity contribution in [2.24, 2.45) is 4.36 Å². The summed E-state index contributed by atoms with van der Waals surface area (Å²) in [6, 6.07) is 1.46. The zero-order valence-electron chi connectivity index (χ0n) is 12.9. The van der Waals surface area contributed by atoms with E-state index >= 15 is 0 Å². The first-order valence-corrected chi connectivity index (χ1v) is 9.62. The molecule has 124 valence electrons. The predicted octanol–water partition coefficient (Wildman–Crippen LogP) is 1.98. The molecule has 1 aliphatic carbocycles. The maximum Gasteiger partial charge on any atom is 0.286 e. The lowest BCUT2D eigenvalue weighted by Crippen LogP contribution is -2.26. The molecule has 0 bridgehead atoms. The summed E-state index contributed by atoms with van der Waals surface area (Å²) in [7, 11) is -2.58. The summed E-state index contributed by atoms with van der Waals surface area (Å²) in [5.41, 5.74) is 0.530. The minimum Gasteiger partial charge on any atom is -0.466 e. The summed E-state index contributed by atoms with van der Waals surface area (Å²) in [5, 5.41) is 2.56. The molecule has 0 aromatic carbocycles. The van der Waals surface area contributed by atoms with Crippen molar-refractivity contribution < 1.29 is 18.5 Å². The van der Waals surface area contributed by atoms with Gasteiger partial charge in [0.05, 0.1) is 15.3 Å². The largest absolute Gasteiger partial charge is 0.466 e. The van der Waals surface area contributed by atoms with Gasteiger partial charge in [0.2, 0.25) is 5.88 Å². The van der Waals surface area contributed by atoms with Crippen LogP contribution in [0.25, 0.3) is 0 Å². The van der Waals surface area contributed by atoms with Crippen LogP contribution in [-0.4, -0.2) is 39.1 Å². The minimum absolute atomic E-state index is 0.0335. The van der Waals surface area contributed by atoms with E-state index in [-0.39, 0.29) is 29.2 Å². The Morgan fingerprint density at radius 3 is 2.87 bits per heavy atom. The van der Waals surface area contributed by atoms with Crippen molar-refractivity contribution >= 4 is 27.2 Å². The first-order valence-electron chi connectivity index (χ1n) is 7.64. The van der Waals surface area contributed by atoms with E-state index in [1.165, 1.54) is 12.3 Å². The van der Waals surface area contributed by atoms with Crippen LogP contribution < -0.4 is 10.1 Å². The number of carbonyl (C=O) groups is 2. The maximum absolute atomic E-state index is 12.8. The van der Waals surface area contributed by atoms with E-state index in [2.05, 4.69) is 14.7 Å². The lowest BCUT2D eigenvalue weighted by molar-refractivity contribution is -0.118. The molecule has 1 unspecified atom stereocenters. The molecule has 2 heterocycles. The molecule has 3 rings (SSSR count). The molecule has 1 atom stereocenters. The fourth-order valence-corrected chi connectivity index (χ4v) is 4.68. The van der Waals surface area contributed by atoms with Gasteiger partial charge >= 0.3 is 0 Å². The van der Waals surface area contributed by atoms with Crippen molar-refractivity contribution in [2.45, 2.75) is 37.4 Å². The normalized spacial score (nSPS) is 20.7. The first kappa shape index (κ1) is 15.9. The Hall–Kier alpha value is -1.96. The highest BCUT2D eigenvalue weighted by Gasteiger charge is 2.24. The molecule has 2 aliphatic rings. The first-order chi connectivity index (χ1) is 11.0. The second-order valence-electron chi connectivity index (χ2n) is 5.93.